The van der Waals surface area contributed by atoms with Crippen molar-refractivity contribution in [1.29, 1.82) is 0 Å². The van der Waals surface area contributed by atoms with Crippen molar-refractivity contribution in [2.75, 3.05) is 5.32 Å². The van der Waals surface area contributed by atoms with Crippen molar-refractivity contribution >= 4 is 16.9 Å². The first-order valence-electron chi connectivity index (χ1n) is 7.89. The van der Waals surface area contributed by atoms with Crippen molar-refractivity contribution in [3.05, 3.63) is 77.4 Å². The molecule has 0 spiro atoms. The molecule has 0 fully saturated rings. The molecular weight excluding hydrogens is 266 g/mol. The fourth-order valence-corrected chi connectivity index (χ4v) is 2.49. The van der Waals surface area contributed by atoms with Crippen molar-refractivity contribution < 1.29 is 0 Å². The van der Waals surface area contributed by atoms with Gasteiger partial charge in [0.05, 0.1) is 0 Å². The second kappa shape index (κ2) is 7.65. The zero-order chi connectivity index (χ0) is 15.9. The standard InChI is InChI=1S/C21H25N/c1-5-6-12-20(16(2)3)21-14-13-19(15-17(21)4)22-18-10-8-7-9-11-18/h6-15,22H,5H2,1-4H3/b12-6-. The quantitative estimate of drug-likeness (QED) is 0.620. The molecule has 0 aliphatic carbocycles. The summed E-state index contributed by atoms with van der Waals surface area (Å²) >= 11 is 0. The van der Waals surface area contributed by atoms with E-state index in [4.69, 9.17) is 0 Å². The summed E-state index contributed by atoms with van der Waals surface area (Å²) in [6.07, 6.45) is 5.52. The molecule has 2 rings (SSSR count). The van der Waals surface area contributed by atoms with Crippen molar-refractivity contribution in [3.63, 3.8) is 0 Å². The summed E-state index contributed by atoms with van der Waals surface area (Å²) < 4.78 is 0. The van der Waals surface area contributed by atoms with Gasteiger partial charge in [-0.3, -0.25) is 0 Å². The zero-order valence-electron chi connectivity index (χ0n) is 14.0. The molecule has 0 unspecified atom stereocenters. The van der Waals surface area contributed by atoms with Gasteiger partial charge in [-0.25, -0.2) is 0 Å². The van der Waals surface area contributed by atoms with Gasteiger partial charge in [0, 0.05) is 11.4 Å². The van der Waals surface area contributed by atoms with Crippen LogP contribution in [-0.2, 0) is 0 Å². The molecule has 0 heterocycles. The molecule has 2 aromatic carbocycles. The first-order valence-corrected chi connectivity index (χ1v) is 7.89. The van der Waals surface area contributed by atoms with E-state index < -0.39 is 0 Å². The summed E-state index contributed by atoms with van der Waals surface area (Å²) in [5, 5.41) is 3.45. The monoisotopic (exact) mass is 291 g/mol. The Labute approximate surface area is 134 Å². The lowest BCUT2D eigenvalue weighted by atomic mass is 9.96. The summed E-state index contributed by atoms with van der Waals surface area (Å²) in [6, 6.07) is 16.8. The SMILES string of the molecule is CC/C=C\C(=C(C)C)c1ccc(Nc2ccccc2)cc1C. The van der Waals surface area contributed by atoms with E-state index in [0.29, 0.717) is 0 Å². The maximum atomic E-state index is 3.45. The number of anilines is 2. The summed E-state index contributed by atoms with van der Waals surface area (Å²) in [5.41, 5.74) is 7.51. The highest BCUT2D eigenvalue weighted by atomic mass is 14.9. The van der Waals surface area contributed by atoms with E-state index in [1.54, 1.807) is 0 Å². The fourth-order valence-electron chi connectivity index (χ4n) is 2.49. The highest BCUT2D eigenvalue weighted by Crippen LogP contribution is 2.27. The van der Waals surface area contributed by atoms with Crippen LogP contribution in [0.25, 0.3) is 5.57 Å². The summed E-state index contributed by atoms with van der Waals surface area (Å²) in [7, 11) is 0. The Morgan fingerprint density at radius 2 is 1.73 bits per heavy atom. The minimum Gasteiger partial charge on any atom is -0.356 e. The Morgan fingerprint density at radius 1 is 1.00 bits per heavy atom. The summed E-state index contributed by atoms with van der Waals surface area (Å²) in [5.74, 6) is 0. The van der Waals surface area contributed by atoms with Crippen LogP contribution in [0.15, 0.2) is 66.3 Å². The van der Waals surface area contributed by atoms with Gasteiger partial charge in [-0.05, 0) is 68.2 Å². The number of para-hydroxylation sites is 1. The van der Waals surface area contributed by atoms with Gasteiger partial charge in [0.15, 0.2) is 0 Å². The second-order valence-corrected chi connectivity index (χ2v) is 5.75. The van der Waals surface area contributed by atoms with E-state index in [2.05, 4.69) is 75.5 Å². The van der Waals surface area contributed by atoms with Gasteiger partial charge in [-0.1, -0.05) is 48.9 Å². The van der Waals surface area contributed by atoms with E-state index in [0.717, 1.165) is 17.8 Å². The van der Waals surface area contributed by atoms with Crippen LogP contribution in [0.1, 0.15) is 38.3 Å². The Balaban J connectivity index is 2.30. The average molecular weight is 291 g/mol. The third kappa shape index (κ3) is 4.11. The van der Waals surface area contributed by atoms with Crippen LogP contribution in [0, 0.1) is 6.92 Å². The lowest BCUT2D eigenvalue weighted by molar-refractivity contribution is 1.22. The zero-order valence-corrected chi connectivity index (χ0v) is 14.0. The van der Waals surface area contributed by atoms with E-state index >= 15 is 0 Å². The molecule has 2 aromatic rings. The number of allylic oxidation sites excluding steroid dienone is 4. The van der Waals surface area contributed by atoms with Crippen molar-refractivity contribution in [2.24, 2.45) is 0 Å². The summed E-state index contributed by atoms with van der Waals surface area (Å²) in [6.45, 7) is 8.68. The van der Waals surface area contributed by atoms with Gasteiger partial charge in [-0.15, -0.1) is 0 Å². The third-order valence-electron chi connectivity index (χ3n) is 3.64. The van der Waals surface area contributed by atoms with Gasteiger partial charge in [0.25, 0.3) is 0 Å². The lowest BCUT2D eigenvalue weighted by Crippen LogP contribution is -1.94. The van der Waals surface area contributed by atoms with Crippen LogP contribution in [0.4, 0.5) is 11.4 Å². The predicted molar refractivity (Wildman–Crippen MR) is 98.6 cm³/mol. The molecule has 0 atom stereocenters. The van der Waals surface area contributed by atoms with Gasteiger partial charge in [0.2, 0.25) is 0 Å². The normalized spacial score (nSPS) is 10.7. The van der Waals surface area contributed by atoms with Crippen LogP contribution < -0.4 is 5.32 Å². The fraction of sp³-hybridized carbons (Fsp3) is 0.238. The van der Waals surface area contributed by atoms with Gasteiger partial charge >= 0.3 is 0 Å². The minimum atomic E-state index is 1.06. The largest absolute Gasteiger partial charge is 0.356 e. The topological polar surface area (TPSA) is 12.0 Å². The molecule has 0 saturated carbocycles. The van der Waals surface area contributed by atoms with Crippen molar-refractivity contribution in [2.45, 2.75) is 34.1 Å². The van der Waals surface area contributed by atoms with Crippen LogP contribution in [0.3, 0.4) is 0 Å². The number of nitrogens with one attached hydrogen (secondary N) is 1. The molecule has 1 N–H and O–H groups in total. The molecule has 0 aliphatic rings. The van der Waals surface area contributed by atoms with Crippen molar-refractivity contribution in [1.82, 2.24) is 0 Å². The molecule has 1 nitrogen and oxygen atoms in total. The molecule has 0 radical (unpaired) electrons. The molecule has 0 aromatic heterocycles. The van der Waals surface area contributed by atoms with Crippen LogP contribution in [-0.4, -0.2) is 0 Å². The van der Waals surface area contributed by atoms with Crippen LogP contribution >= 0.6 is 0 Å². The molecule has 0 bridgehead atoms. The van der Waals surface area contributed by atoms with Crippen molar-refractivity contribution in [3.8, 4) is 0 Å². The van der Waals surface area contributed by atoms with E-state index in [1.807, 2.05) is 18.2 Å². The highest BCUT2D eigenvalue weighted by Gasteiger charge is 2.05. The maximum absolute atomic E-state index is 3.45. The lowest BCUT2D eigenvalue weighted by Gasteiger charge is -2.13. The first-order chi connectivity index (χ1) is 10.6. The van der Waals surface area contributed by atoms with Gasteiger partial charge < -0.3 is 5.32 Å². The van der Waals surface area contributed by atoms with Gasteiger partial charge in [-0.2, -0.15) is 0 Å². The summed E-state index contributed by atoms with van der Waals surface area (Å²) in [4.78, 5) is 0. The Hall–Kier alpha value is -2.28. The number of benzene rings is 2. The highest BCUT2D eigenvalue weighted by molar-refractivity contribution is 5.79. The molecule has 0 aliphatic heterocycles. The molecule has 22 heavy (non-hydrogen) atoms. The molecular formula is C21H25N. The number of rotatable bonds is 5. The Morgan fingerprint density at radius 3 is 2.32 bits per heavy atom. The van der Waals surface area contributed by atoms with Gasteiger partial charge in [0.1, 0.15) is 0 Å². The molecule has 114 valence electrons. The Kier molecular flexibility index (Phi) is 5.60. The van der Waals surface area contributed by atoms with E-state index in [-0.39, 0.29) is 0 Å². The molecule has 0 amide bonds. The van der Waals surface area contributed by atoms with Crippen LogP contribution in [0.2, 0.25) is 0 Å². The predicted octanol–water partition coefficient (Wildman–Crippen LogP) is 6.50. The van der Waals surface area contributed by atoms with E-state index in [1.165, 1.54) is 22.3 Å². The maximum Gasteiger partial charge on any atom is 0.0387 e. The minimum absolute atomic E-state index is 1.06. The Bertz CT molecular complexity index is 674. The smallest absolute Gasteiger partial charge is 0.0387 e. The molecule has 0 saturated heterocycles. The first kappa shape index (κ1) is 16.1. The number of hydrogen-bond donors (Lipinski definition) is 1. The number of aryl methyl sites for hydroxylation is 1. The average Bonchev–Trinajstić information content (AvgIpc) is 2.50. The van der Waals surface area contributed by atoms with E-state index in [9.17, 15) is 0 Å². The van der Waals surface area contributed by atoms with Crippen LogP contribution in [0.5, 0.6) is 0 Å². The molecule has 1 heteroatoms. The third-order valence-corrected chi connectivity index (χ3v) is 3.64. The second-order valence-electron chi connectivity index (χ2n) is 5.75. The number of hydrogen-bond acceptors (Lipinski definition) is 1.